The molecule has 3 aliphatic rings. The molecule has 4 heterocycles. The van der Waals surface area contributed by atoms with Gasteiger partial charge in [0.15, 0.2) is 0 Å². The molecule has 0 bridgehead atoms. The van der Waals surface area contributed by atoms with Gasteiger partial charge in [-0.05, 0) is 48.8 Å². The highest BCUT2D eigenvalue weighted by atomic mass is 19.1. The molecule has 0 spiro atoms. The quantitative estimate of drug-likeness (QED) is 0.497. The molecule has 0 unspecified atom stereocenters. The Bertz CT molecular complexity index is 1380. The number of hydrogen-bond donors (Lipinski definition) is 3. The number of piperidine rings is 1. The monoisotopic (exact) mass is 470 g/mol. The van der Waals surface area contributed by atoms with Crippen LogP contribution in [0.15, 0.2) is 54.6 Å². The third-order valence-corrected chi connectivity index (χ3v) is 7.18. The molecule has 2 aromatic heterocycles. The van der Waals surface area contributed by atoms with E-state index in [4.69, 9.17) is 20.9 Å². The van der Waals surface area contributed by atoms with Crippen LogP contribution in [0.1, 0.15) is 24.0 Å². The summed E-state index contributed by atoms with van der Waals surface area (Å²) in [5.41, 5.74) is 12.7. The number of halogens is 1. The number of fused-ring (bicyclic) bond motifs is 2. The predicted molar refractivity (Wildman–Crippen MR) is 137 cm³/mol. The van der Waals surface area contributed by atoms with E-state index in [2.05, 4.69) is 21.3 Å². The van der Waals surface area contributed by atoms with Crippen molar-refractivity contribution in [2.75, 3.05) is 36.9 Å². The molecule has 2 aliphatic heterocycles. The molecule has 1 aromatic carbocycles. The number of aromatic nitrogens is 2. The van der Waals surface area contributed by atoms with Crippen LogP contribution in [0, 0.1) is 5.41 Å². The van der Waals surface area contributed by atoms with Gasteiger partial charge in [0.05, 0.1) is 35.3 Å². The Morgan fingerprint density at radius 3 is 3.00 bits per heavy atom. The first-order valence-electron chi connectivity index (χ1n) is 12.0. The molecular formula is C27H27FN6O. The highest BCUT2D eigenvalue weighted by Crippen LogP contribution is 2.41. The van der Waals surface area contributed by atoms with Crippen LogP contribution in [-0.2, 0) is 4.74 Å². The minimum atomic E-state index is -0.209. The van der Waals surface area contributed by atoms with Crippen molar-refractivity contribution >= 4 is 34.1 Å². The van der Waals surface area contributed by atoms with Gasteiger partial charge in [-0.2, -0.15) is 0 Å². The van der Waals surface area contributed by atoms with Gasteiger partial charge in [0.2, 0.25) is 0 Å². The van der Waals surface area contributed by atoms with E-state index in [0.717, 1.165) is 59.3 Å². The van der Waals surface area contributed by atoms with E-state index in [-0.39, 0.29) is 11.9 Å². The summed E-state index contributed by atoms with van der Waals surface area (Å²) >= 11 is 0. The summed E-state index contributed by atoms with van der Waals surface area (Å²) in [6.07, 6.45) is 9.59. The Kier molecular flexibility index (Phi) is 5.54. The van der Waals surface area contributed by atoms with Gasteiger partial charge < -0.3 is 26.1 Å². The van der Waals surface area contributed by atoms with Crippen LogP contribution in [0.2, 0.25) is 0 Å². The smallest absolute Gasteiger partial charge is 0.119 e. The van der Waals surface area contributed by atoms with Crippen molar-refractivity contribution in [2.45, 2.75) is 25.0 Å². The molecule has 7 nitrogen and oxygen atoms in total. The van der Waals surface area contributed by atoms with E-state index in [9.17, 15) is 4.39 Å². The Balaban J connectivity index is 1.51. The Morgan fingerprint density at radius 2 is 2.17 bits per heavy atom. The first-order valence-corrected chi connectivity index (χ1v) is 12.0. The van der Waals surface area contributed by atoms with Gasteiger partial charge in [0.25, 0.3) is 0 Å². The lowest BCUT2D eigenvalue weighted by Gasteiger charge is -2.43. The molecule has 1 aliphatic carbocycles. The summed E-state index contributed by atoms with van der Waals surface area (Å²) < 4.78 is 20.2. The lowest BCUT2D eigenvalue weighted by molar-refractivity contribution is -0.00899. The average molecular weight is 471 g/mol. The fourth-order valence-electron chi connectivity index (χ4n) is 5.40. The van der Waals surface area contributed by atoms with Crippen LogP contribution in [0.5, 0.6) is 0 Å². The van der Waals surface area contributed by atoms with Crippen molar-refractivity contribution < 1.29 is 9.13 Å². The zero-order valence-electron chi connectivity index (χ0n) is 19.3. The molecule has 35 heavy (non-hydrogen) atoms. The number of hydrogen-bond acceptors (Lipinski definition) is 7. The third kappa shape index (κ3) is 3.88. The normalized spacial score (nSPS) is 22.0. The number of rotatable bonds is 4. The Morgan fingerprint density at radius 1 is 1.26 bits per heavy atom. The number of ether oxygens (including phenoxy) is 1. The van der Waals surface area contributed by atoms with Gasteiger partial charge in [0.1, 0.15) is 5.83 Å². The molecule has 2 atom stereocenters. The summed E-state index contributed by atoms with van der Waals surface area (Å²) in [6.45, 7) is 3.20. The van der Waals surface area contributed by atoms with Crippen LogP contribution < -0.4 is 16.0 Å². The summed E-state index contributed by atoms with van der Waals surface area (Å²) in [5.74, 6) is -0.209. The summed E-state index contributed by atoms with van der Waals surface area (Å²) in [7, 11) is 0. The minimum absolute atomic E-state index is 0.103. The Hall–Kier alpha value is -3.62. The minimum Gasteiger partial charge on any atom is -0.396 e. The maximum atomic E-state index is 14.1. The molecule has 0 saturated carbocycles. The van der Waals surface area contributed by atoms with Crippen LogP contribution in [-0.4, -0.2) is 54.6 Å². The van der Waals surface area contributed by atoms with Crippen molar-refractivity contribution in [2.24, 2.45) is 0 Å². The number of pyridine rings is 2. The Labute approximate surface area is 203 Å². The topological polar surface area (TPSA) is 100 Å². The second kappa shape index (κ2) is 8.87. The molecule has 2 fully saturated rings. The molecule has 6 rings (SSSR count). The van der Waals surface area contributed by atoms with E-state index in [1.54, 1.807) is 24.4 Å². The number of nitrogens with zero attached hydrogens (tertiary/aromatic N) is 3. The fraction of sp³-hybridized carbons (Fsp3) is 0.296. The van der Waals surface area contributed by atoms with E-state index < -0.39 is 0 Å². The molecule has 2 saturated heterocycles. The van der Waals surface area contributed by atoms with Crippen LogP contribution in [0.4, 0.5) is 15.8 Å². The number of nitrogens with two attached hydrogens (primary N) is 1. The average Bonchev–Trinajstić information content (AvgIpc) is 3.33. The number of nitrogen functional groups attached to an aromatic ring is 1. The largest absolute Gasteiger partial charge is 0.396 e. The third-order valence-electron chi connectivity index (χ3n) is 7.18. The number of morpholine rings is 1. The zero-order valence-corrected chi connectivity index (χ0v) is 19.3. The lowest BCUT2D eigenvalue weighted by atomic mass is 9.94. The molecular weight excluding hydrogens is 443 g/mol. The lowest BCUT2D eigenvalue weighted by Crippen LogP contribution is -2.57. The second-order valence-electron chi connectivity index (χ2n) is 9.23. The second-order valence-corrected chi connectivity index (χ2v) is 9.23. The number of allylic oxidation sites excluding steroid dienone is 4. The molecule has 3 aromatic rings. The number of anilines is 2. The fourth-order valence-corrected chi connectivity index (χ4v) is 5.40. The summed E-state index contributed by atoms with van der Waals surface area (Å²) in [6, 6.07) is 8.09. The van der Waals surface area contributed by atoms with Crippen molar-refractivity contribution in [3.05, 3.63) is 65.8 Å². The van der Waals surface area contributed by atoms with Crippen LogP contribution in [0.3, 0.4) is 0 Å². The van der Waals surface area contributed by atoms with Crippen LogP contribution in [0.25, 0.3) is 27.7 Å². The molecule has 4 N–H and O–H groups in total. The van der Waals surface area contributed by atoms with Crippen molar-refractivity contribution in [3.63, 3.8) is 0 Å². The van der Waals surface area contributed by atoms with Gasteiger partial charge in [-0.1, -0.05) is 6.07 Å². The standard InChI is InChI=1S/C27H27FN6O/c28-19-3-1-16(11-19)21-14-33-22-4-2-17(26-25(30)18(13-29)5-7-32-26)12-20(22)27(21)34-9-6-23-24(15-34)35-10-8-31-23/h2-5,7,11-14,23-24,29,31H,1,6,8-10,15,30H2/t23-,24-/m1/s1. The van der Waals surface area contributed by atoms with Crippen LogP contribution >= 0.6 is 0 Å². The summed E-state index contributed by atoms with van der Waals surface area (Å²) in [5, 5.41) is 12.2. The molecule has 0 radical (unpaired) electrons. The SMILES string of the molecule is N=Cc1ccnc(-c2ccc3ncc(C4=CC(F)=CC4)c(N4CC[C@H]5NCCO[C@@H]5C4)c3c2)c1N. The van der Waals surface area contributed by atoms with Gasteiger partial charge in [-0.3, -0.25) is 9.97 Å². The number of benzene rings is 1. The van der Waals surface area contributed by atoms with E-state index in [1.165, 1.54) is 6.21 Å². The van der Waals surface area contributed by atoms with Gasteiger partial charge in [-0.25, -0.2) is 4.39 Å². The maximum Gasteiger partial charge on any atom is 0.119 e. The summed E-state index contributed by atoms with van der Waals surface area (Å²) in [4.78, 5) is 11.6. The first-order chi connectivity index (χ1) is 17.1. The van der Waals surface area contributed by atoms with Crippen molar-refractivity contribution in [1.29, 1.82) is 5.41 Å². The maximum absolute atomic E-state index is 14.1. The highest BCUT2D eigenvalue weighted by Gasteiger charge is 2.34. The first kappa shape index (κ1) is 21.9. The molecule has 178 valence electrons. The van der Waals surface area contributed by atoms with E-state index in [1.807, 2.05) is 18.3 Å². The van der Waals surface area contributed by atoms with Gasteiger partial charge in [0, 0.05) is 66.4 Å². The zero-order chi connectivity index (χ0) is 23.9. The number of nitrogens with one attached hydrogen (secondary N) is 2. The van der Waals surface area contributed by atoms with Crippen molar-refractivity contribution in [1.82, 2.24) is 15.3 Å². The van der Waals surface area contributed by atoms with Crippen molar-refractivity contribution in [3.8, 4) is 11.3 Å². The van der Waals surface area contributed by atoms with E-state index in [0.29, 0.717) is 36.0 Å². The van der Waals surface area contributed by atoms with Gasteiger partial charge >= 0.3 is 0 Å². The highest BCUT2D eigenvalue weighted by molar-refractivity contribution is 6.01. The van der Waals surface area contributed by atoms with Gasteiger partial charge in [-0.15, -0.1) is 0 Å². The predicted octanol–water partition coefficient (Wildman–Crippen LogP) is 4.08. The molecule has 0 amide bonds. The van der Waals surface area contributed by atoms with E-state index >= 15 is 0 Å². The molecule has 8 heteroatoms.